The monoisotopic (exact) mass is 583 g/mol. The summed E-state index contributed by atoms with van der Waals surface area (Å²) in [4.78, 5) is 16.6. The number of pyridine rings is 1. The third kappa shape index (κ3) is 8.24. The van der Waals surface area contributed by atoms with Crippen molar-refractivity contribution in [2.75, 3.05) is 23.9 Å². The molecule has 1 aliphatic heterocycles. The Morgan fingerprint density at radius 1 is 1.18 bits per heavy atom. The molecule has 0 bridgehead atoms. The van der Waals surface area contributed by atoms with Gasteiger partial charge in [-0.05, 0) is 73.1 Å². The molecule has 1 aliphatic carbocycles. The summed E-state index contributed by atoms with van der Waals surface area (Å²) in [6.45, 7) is 6.68. The molecule has 0 spiro atoms. The molecule has 7 nitrogen and oxygen atoms in total. The first-order valence-corrected chi connectivity index (χ1v) is 16.4. The molecule has 0 radical (unpaired) electrons. The summed E-state index contributed by atoms with van der Waals surface area (Å²) in [6, 6.07) is 10.3. The van der Waals surface area contributed by atoms with Crippen LogP contribution in [0.3, 0.4) is 0 Å². The first kappa shape index (κ1) is 29.9. The van der Waals surface area contributed by atoms with Crippen molar-refractivity contribution >= 4 is 27.6 Å². The quantitative estimate of drug-likeness (QED) is 0.276. The van der Waals surface area contributed by atoms with Gasteiger partial charge in [-0.25, -0.2) is 13.4 Å². The van der Waals surface area contributed by atoms with Crippen molar-refractivity contribution in [2.24, 2.45) is 0 Å². The van der Waals surface area contributed by atoms with E-state index in [1.165, 1.54) is 16.7 Å². The average Bonchev–Trinajstić information content (AvgIpc) is 3.26. The van der Waals surface area contributed by atoms with Crippen molar-refractivity contribution in [2.45, 2.75) is 63.9 Å². The molecule has 2 aliphatic rings. The van der Waals surface area contributed by atoms with E-state index in [0.717, 1.165) is 45.9 Å². The van der Waals surface area contributed by atoms with Gasteiger partial charge in [-0.1, -0.05) is 36.8 Å². The van der Waals surface area contributed by atoms with Crippen LogP contribution in [0.25, 0.3) is 0 Å². The lowest BCUT2D eigenvalue weighted by Gasteiger charge is -2.13. The highest BCUT2D eigenvalue weighted by molar-refractivity contribution is 7.99. The average molecular weight is 584 g/mol. The fraction of sp³-hybridized carbons (Fsp3) is 0.419. The zero-order valence-corrected chi connectivity index (χ0v) is 24.9. The molecular weight excluding hydrogens is 546 g/mol. The van der Waals surface area contributed by atoms with E-state index < -0.39 is 15.8 Å². The first-order valence-electron chi connectivity index (χ1n) is 13.6. The summed E-state index contributed by atoms with van der Waals surface area (Å²) in [5.74, 6) is 1.60. The number of ether oxygens (including phenoxy) is 2. The second kappa shape index (κ2) is 13.5. The largest absolute Gasteiger partial charge is 0.494 e. The number of hydrogen-bond donors (Lipinski definition) is 1. The molecule has 0 fully saturated rings. The normalized spacial score (nSPS) is 17.1. The lowest BCUT2D eigenvalue weighted by Crippen LogP contribution is -2.10. The number of carboxylic acids is 1. The number of nitrogens with zero attached hydrogens (tertiary/aromatic N) is 1. The molecule has 0 amide bonds. The van der Waals surface area contributed by atoms with Gasteiger partial charge in [0.15, 0.2) is 0 Å². The SMILES string of the molecule is CCS(=O)(=O)CCCOC1=CCC(C)=C(Cc2cccc(COc3cc4c(cn3)[C@H](CC(=O)O)CS4)c2)C(C)=C1. The van der Waals surface area contributed by atoms with Crippen LogP contribution in [0, 0.1) is 0 Å². The Bertz CT molecular complexity index is 1440. The zero-order chi connectivity index (χ0) is 28.7. The second-order valence-corrected chi connectivity index (χ2v) is 13.8. The fourth-order valence-electron chi connectivity index (χ4n) is 4.87. The molecule has 214 valence electrons. The first-order chi connectivity index (χ1) is 19.1. The van der Waals surface area contributed by atoms with Crippen molar-refractivity contribution in [3.63, 3.8) is 0 Å². The van der Waals surface area contributed by atoms with E-state index in [4.69, 9.17) is 14.6 Å². The third-order valence-electron chi connectivity index (χ3n) is 7.20. The number of allylic oxidation sites excluding steroid dienone is 5. The highest BCUT2D eigenvalue weighted by Crippen LogP contribution is 2.42. The Morgan fingerprint density at radius 3 is 2.75 bits per heavy atom. The molecule has 0 unspecified atom stereocenters. The van der Waals surface area contributed by atoms with Crippen LogP contribution in [0.5, 0.6) is 5.88 Å². The highest BCUT2D eigenvalue weighted by Gasteiger charge is 2.26. The predicted molar refractivity (Wildman–Crippen MR) is 158 cm³/mol. The summed E-state index contributed by atoms with van der Waals surface area (Å²) in [7, 11) is -2.98. The maximum Gasteiger partial charge on any atom is 0.303 e. The van der Waals surface area contributed by atoms with Crippen molar-refractivity contribution < 1.29 is 27.8 Å². The van der Waals surface area contributed by atoms with Crippen LogP contribution in [-0.2, 0) is 32.4 Å². The Kier molecular flexibility index (Phi) is 10.1. The van der Waals surface area contributed by atoms with Crippen LogP contribution in [0.1, 0.15) is 62.6 Å². The third-order valence-corrected chi connectivity index (χ3v) is 10.2. The Labute approximate surface area is 241 Å². The van der Waals surface area contributed by atoms with Gasteiger partial charge in [0.1, 0.15) is 22.2 Å². The van der Waals surface area contributed by atoms with Crippen LogP contribution in [0.2, 0.25) is 0 Å². The van der Waals surface area contributed by atoms with Crippen LogP contribution >= 0.6 is 11.8 Å². The van der Waals surface area contributed by atoms with Crippen molar-refractivity contribution in [3.05, 3.63) is 87.8 Å². The number of aliphatic carboxylic acids is 1. The van der Waals surface area contributed by atoms with Crippen molar-refractivity contribution in [1.29, 1.82) is 0 Å². The van der Waals surface area contributed by atoms with E-state index in [9.17, 15) is 13.2 Å². The van der Waals surface area contributed by atoms with Gasteiger partial charge in [-0.3, -0.25) is 4.79 Å². The molecular formula is C31H37NO6S2. The number of rotatable bonds is 13. The van der Waals surface area contributed by atoms with Gasteiger partial charge in [0.2, 0.25) is 5.88 Å². The molecule has 0 saturated carbocycles. The van der Waals surface area contributed by atoms with E-state index in [1.54, 1.807) is 24.9 Å². The van der Waals surface area contributed by atoms with Crippen molar-refractivity contribution in [1.82, 2.24) is 4.98 Å². The number of sulfone groups is 1. The molecule has 1 N–H and O–H groups in total. The summed E-state index contributed by atoms with van der Waals surface area (Å²) >= 11 is 1.65. The summed E-state index contributed by atoms with van der Waals surface area (Å²) in [6.07, 6.45) is 8.04. The lowest BCUT2D eigenvalue weighted by atomic mass is 9.94. The number of carboxylic acid groups (broad SMARTS) is 1. The molecule has 9 heteroatoms. The van der Waals surface area contributed by atoms with Gasteiger partial charge >= 0.3 is 5.97 Å². The topological polar surface area (TPSA) is 103 Å². The van der Waals surface area contributed by atoms with E-state index in [-0.39, 0.29) is 23.8 Å². The summed E-state index contributed by atoms with van der Waals surface area (Å²) < 4.78 is 35.3. The molecule has 2 heterocycles. The van der Waals surface area contributed by atoms with Gasteiger partial charge in [0.25, 0.3) is 0 Å². The zero-order valence-electron chi connectivity index (χ0n) is 23.3. The van der Waals surface area contributed by atoms with Crippen LogP contribution in [0.4, 0.5) is 0 Å². The van der Waals surface area contributed by atoms with E-state index in [1.807, 2.05) is 24.3 Å². The number of thioether (sulfide) groups is 1. The van der Waals surface area contributed by atoms with Crippen LogP contribution < -0.4 is 4.74 Å². The Balaban J connectivity index is 1.34. The minimum Gasteiger partial charge on any atom is -0.494 e. The number of aromatic nitrogens is 1. The summed E-state index contributed by atoms with van der Waals surface area (Å²) in [5, 5.41) is 9.13. The van der Waals surface area contributed by atoms with Gasteiger partial charge in [-0.2, -0.15) is 0 Å². The lowest BCUT2D eigenvalue weighted by molar-refractivity contribution is -0.137. The molecule has 0 saturated heterocycles. The van der Waals surface area contributed by atoms with E-state index in [2.05, 4.69) is 37.0 Å². The molecule has 4 rings (SSSR count). The van der Waals surface area contributed by atoms with Crippen LogP contribution in [-0.4, -0.2) is 48.3 Å². The van der Waals surface area contributed by atoms with Crippen LogP contribution in [0.15, 0.2) is 76.1 Å². The minimum atomic E-state index is -2.98. The number of fused-ring (bicyclic) bond motifs is 1. The molecule has 2 aromatic rings. The number of hydrogen-bond acceptors (Lipinski definition) is 7. The maximum atomic E-state index is 11.7. The molecule has 40 heavy (non-hydrogen) atoms. The Hall–Kier alpha value is -3.04. The van der Waals surface area contributed by atoms with Gasteiger partial charge in [-0.15, -0.1) is 11.8 Å². The number of benzene rings is 1. The molecule has 1 aromatic carbocycles. The van der Waals surface area contributed by atoms with Gasteiger partial charge in [0.05, 0.1) is 18.8 Å². The molecule has 1 atom stereocenters. The fourth-order valence-corrected chi connectivity index (χ4v) is 6.96. The van der Waals surface area contributed by atoms with E-state index in [0.29, 0.717) is 25.5 Å². The standard InChI is InChI=1S/C31H37NO6S2/c1-4-40(35,36)12-6-11-37-26-10-9-21(2)27(22(3)13-26)15-23-7-5-8-24(14-23)19-38-30-17-29-28(18-32-30)25(20-39-29)16-31(33)34/h5,7-8,10,13-14,17-18,25H,4,6,9,11-12,15-16,19-20H2,1-3H3,(H,33,34)/t25-/m1/s1. The van der Waals surface area contributed by atoms with Gasteiger partial charge < -0.3 is 14.6 Å². The number of carbonyl (C=O) groups is 1. The summed E-state index contributed by atoms with van der Waals surface area (Å²) in [5.41, 5.74) is 6.92. The smallest absolute Gasteiger partial charge is 0.303 e. The maximum absolute atomic E-state index is 11.7. The van der Waals surface area contributed by atoms with Crippen molar-refractivity contribution in [3.8, 4) is 5.88 Å². The predicted octanol–water partition coefficient (Wildman–Crippen LogP) is 6.26. The highest BCUT2D eigenvalue weighted by atomic mass is 32.2. The Morgan fingerprint density at radius 2 is 1.98 bits per heavy atom. The minimum absolute atomic E-state index is 0.00237. The van der Waals surface area contributed by atoms with Gasteiger partial charge in [0, 0.05) is 34.6 Å². The second-order valence-electron chi connectivity index (χ2n) is 10.3. The molecule has 1 aromatic heterocycles. The van der Waals surface area contributed by atoms with E-state index >= 15 is 0 Å².